The van der Waals surface area contributed by atoms with Crippen LogP contribution in [0.1, 0.15) is 41.6 Å². The maximum Gasteiger partial charge on any atom is 0.417 e. The molecule has 1 saturated carbocycles. The second-order valence-corrected chi connectivity index (χ2v) is 5.56. The Labute approximate surface area is 125 Å². The highest BCUT2D eigenvalue weighted by Gasteiger charge is 2.36. The van der Waals surface area contributed by atoms with E-state index in [2.05, 4.69) is 5.32 Å². The van der Waals surface area contributed by atoms with Crippen molar-refractivity contribution in [2.45, 2.75) is 37.9 Å². The molecule has 3 nitrogen and oxygen atoms in total. The molecular formula is C15H17F4NO2. The van der Waals surface area contributed by atoms with Gasteiger partial charge in [-0.1, -0.05) is 0 Å². The molecule has 1 aromatic rings. The van der Waals surface area contributed by atoms with E-state index in [4.69, 9.17) is 5.11 Å². The summed E-state index contributed by atoms with van der Waals surface area (Å²) in [5.41, 5.74) is -1.84. The molecule has 0 unspecified atom stereocenters. The molecule has 1 amide bonds. The van der Waals surface area contributed by atoms with E-state index >= 15 is 0 Å². The summed E-state index contributed by atoms with van der Waals surface area (Å²) in [6.45, 7) is 0.0802. The monoisotopic (exact) mass is 319 g/mol. The minimum atomic E-state index is -4.79. The van der Waals surface area contributed by atoms with Gasteiger partial charge in [0.05, 0.1) is 11.1 Å². The van der Waals surface area contributed by atoms with Gasteiger partial charge in [-0.15, -0.1) is 0 Å². The minimum absolute atomic E-state index is 0.0802. The lowest BCUT2D eigenvalue weighted by Crippen LogP contribution is -2.38. The third-order valence-corrected chi connectivity index (χ3v) is 3.97. The third-order valence-electron chi connectivity index (χ3n) is 3.97. The van der Waals surface area contributed by atoms with E-state index in [0.717, 1.165) is 25.0 Å². The molecule has 0 bridgehead atoms. The van der Waals surface area contributed by atoms with Crippen molar-refractivity contribution < 1.29 is 27.5 Å². The fourth-order valence-electron chi connectivity index (χ4n) is 2.70. The zero-order chi connectivity index (χ0) is 16.3. The number of hydrogen-bond acceptors (Lipinski definition) is 2. The van der Waals surface area contributed by atoms with E-state index in [1.807, 2.05) is 0 Å². The number of halogens is 4. The van der Waals surface area contributed by atoms with Gasteiger partial charge in [0.2, 0.25) is 0 Å². The van der Waals surface area contributed by atoms with Crippen molar-refractivity contribution in [1.29, 1.82) is 0 Å². The number of carbonyl (C=O) groups excluding carboxylic acids is 1. The van der Waals surface area contributed by atoms with Gasteiger partial charge in [-0.3, -0.25) is 4.79 Å². The number of nitrogens with one attached hydrogen (secondary N) is 1. The molecule has 0 heterocycles. The normalized spacial score (nSPS) is 22.4. The summed E-state index contributed by atoms with van der Waals surface area (Å²) in [6, 6.07) is 1.80. The number of hydrogen-bond donors (Lipinski definition) is 2. The molecule has 1 aliphatic carbocycles. The number of amides is 1. The van der Waals surface area contributed by atoms with Gasteiger partial charge in [-0.2, -0.15) is 13.2 Å². The van der Waals surface area contributed by atoms with Crippen molar-refractivity contribution in [2.75, 3.05) is 6.61 Å². The standard InChI is InChI=1S/C15H17F4NO2/c16-10-3-6-12(13(7-10)15(17,18)19)14(22)20-11-4-1-9(8-21)2-5-11/h3,6-7,9,11,21H,1-2,4-5,8H2,(H,20,22). The van der Waals surface area contributed by atoms with E-state index in [0.29, 0.717) is 18.9 Å². The van der Waals surface area contributed by atoms with E-state index in [1.165, 1.54) is 0 Å². The number of carbonyl (C=O) groups is 1. The summed E-state index contributed by atoms with van der Waals surface area (Å²) >= 11 is 0. The van der Waals surface area contributed by atoms with Crippen molar-refractivity contribution in [3.05, 3.63) is 35.1 Å². The van der Waals surface area contributed by atoms with Gasteiger partial charge in [0.1, 0.15) is 5.82 Å². The summed E-state index contributed by atoms with van der Waals surface area (Å²) in [4.78, 5) is 12.1. The van der Waals surface area contributed by atoms with Crippen LogP contribution in [-0.2, 0) is 6.18 Å². The molecule has 2 rings (SSSR count). The van der Waals surface area contributed by atoms with Gasteiger partial charge in [0.25, 0.3) is 5.91 Å². The Bertz CT molecular complexity index is 537. The van der Waals surface area contributed by atoms with Gasteiger partial charge in [0.15, 0.2) is 0 Å². The Morgan fingerprint density at radius 3 is 2.41 bits per heavy atom. The molecule has 122 valence electrons. The highest BCUT2D eigenvalue weighted by Crippen LogP contribution is 2.33. The number of aliphatic hydroxyl groups excluding tert-OH is 1. The van der Waals surface area contributed by atoms with E-state index in [1.54, 1.807) is 0 Å². The molecule has 0 atom stereocenters. The number of alkyl halides is 3. The quantitative estimate of drug-likeness (QED) is 0.841. The maximum atomic E-state index is 13.0. The Hall–Kier alpha value is -1.63. The van der Waals surface area contributed by atoms with Crippen LogP contribution in [0.3, 0.4) is 0 Å². The van der Waals surface area contributed by atoms with Gasteiger partial charge in [0, 0.05) is 12.6 Å². The van der Waals surface area contributed by atoms with E-state index in [-0.39, 0.29) is 18.6 Å². The largest absolute Gasteiger partial charge is 0.417 e. The predicted molar refractivity (Wildman–Crippen MR) is 71.7 cm³/mol. The molecule has 0 aromatic heterocycles. The van der Waals surface area contributed by atoms with Gasteiger partial charge in [-0.25, -0.2) is 4.39 Å². The van der Waals surface area contributed by atoms with Gasteiger partial charge >= 0.3 is 6.18 Å². The number of benzene rings is 1. The lowest BCUT2D eigenvalue weighted by molar-refractivity contribution is -0.138. The van der Waals surface area contributed by atoms with Crippen LogP contribution in [0.25, 0.3) is 0 Å². The van der Waals surface area contributed by atoms with E-state index in [9.17, 15) is 22.4 Å². The first-order valence-electron chi connectivity index (χ1n) is 7.09. The fraction of sp³-hybridized carbons (Fsp3) is 0.533. The third kappa shape index (κ3) is 3.97. The van der Waals surface area contributed by atoms with Crippen molar-refractivity contribution in [1.82, 2.24) is 5.32 Å². The first kappa shape index (κ1) is 16.7. The lowest BCUT2D eigenvalue weighted by atomic mass is 9.86. The highest BCUT2D eigenvalue weighted by atomic mass is 19.4. The van der Waals surface area contributed by atoms with E-state index < -0.39 is 29.0 Å². The summed E-state index contributed by atoms with van der Waals surface area (Å²) in [6.07, 6.45) is -2.13. The maximum absolute atomic E-state index is 13.0. The fourth-order valence-corrected chi connectivity index (χ4v) is 2.70. The zero-order valence-electron chi connectivity index (χ0n) is 11.8. The van der Waals surface area contributed by atoms with Crippen molar-refractivity contribution in [3.8, 4) is 0 Å². The van der Waals surface area contributed by atoms with Crippen LogP contribution in [0, 0.1) is 11.7 Å². The average molecular weight is 319 g/mol. The molecule has 1 aliphatic rings. The van der Waals surface area contributed by atoms with Crippen LogP contribution in [-0.4, -0.2) is 23.7 Å². The molecule has 1 aromatic carbocycles. The molecule has 0 saturated heterocycles. The summed E-state index contributed by atoms with van der Waals surface area (Å²) in [5.74, 6) is -1.70. The van der Waals surface area contributed by atoms with Gasteiger partial charge in [-0.05, 0) is 49.8 Å². The van der Waals surface area contributed by atoms with Crippen LogP contribution in [0.2, 0.25) is 0 Å². The summed E-state index contributed by atoms with van der Waals surface area (Å²) < 4.78 is 51.7. The van der Waals surface area contributed by atoms with Crippen LogP contribution < -0.4 is 5.32 Å². The summed E-state index contributed by atoms with van der Waals surface area (Å²) in [7, 11) is 0. The number of aliphatic hydroxyl groups is 1. The first-order chi connectivity index (χ1) is 10.3. The Morgan fingerprint density at radius 2 is 1.86 bits per heavy atom. The first-order valence-corrected chi connectivity index (χ1v) is 7.09. The molecular weight excluding hydrogens is 302 g/mol. The molecule has 0 radical (unpaired) electrons. The summed E-state index contributed by atoms with van der Waals surface area (Å²) in [5, 5.41) is 11.6. The lowest BCUT2D eigenvalue weighted by Gasteiger charge is -2.28. The van der Waals surface area contributed by atoms with Crippen LogP contribution in [0.5, 0.6) is 0 Å². The Kier molecular flexibility index (Phi) is 5.05. The zero-order valence-corrected chi connectivity index (χ0v) is 11.8. The second-order valence-electron chi connectivity index (χ2n) is 5.56. The van der Waals surface area contributed by atoms with Crippen LogP contribution in [0.15, 0.2) is 18.2 Å². The molecule has 2 N–H and O–H groups in total. The molecule has 22 heavy (non-hydrogen) atoms. The van der Waals surface area contributed by atoms with Crippen molar-refractivity contribution >= 4 is 5.91 Å². The second kappa shape index (κ2) is 6.64. The highest BCUT2D eigenvalue weighted by molar-refractivity contribution is 5.96. The van der Waals surface area contributed by atoms with Crippen molar-refractivity contribution in [2.24, 2.45) is 5.92 Å². The Balaban J connectivity index is 2.10. The predicted octanol–water partition coefficient (Wildman–Crippen LogP) is 3.13. The van der Waals surface area contributed by atoms with Crippen molar-refractivity contribution in [3.63, 3.8) is 0 Å². The molecule has 1 fully saturated rings. The molecule has 0 aliphatic heterocycles. The number of rotatable bonds is 3. The van der Waals surface area contributed by atoms with Crippen LogP contribution in [0.4, 0.5) is 17.6 Å². The minimum Gasteiger partial charge on any atom is -0.396 e. The van der Waals surface area contributed by atoms with Crippen LogP contribution >= 0.6 is 0 Å². The molecule has 7 heteroatoms. The SMILES string of the molecule is O=C(NC1CCC(CO)CC1)c1ccc(F)cc1C(F)(F)F. The topological polar surface area (TPSA) is 49.3 Å². The van der Waals surface area contributed by atoms with Gasteiger partial charge < -0.3 is 10.4 Å². The average Bonchev–Trinajstić information content (AvgIpc) is 2.47. The Morgan fingerprint density at radius 1 is 1.23 bits per heavy atom. The smallest absolute Gasteiger partial charge is 0.396 e. The molecule has 0 spiro atoms.